The molecule has 0 amide bonds. The second-order valence-electron chi connectivity index (χ2n) is 5.46. The molecule has 3 rings (SSSR count). The van der Waals surface area contributed by atoms with E-state index in [0.717, 1.165) is 12.3 Å². The number of carbonyl (C=O) groups excluding carboxylic acids is 2. The van der Waals surface area contributed by atoms with Crippen molar-refractivity contribution < 1.29 is 34.4 Å². The molecule has 0 unspecified atom stereocenters. The van der Waals surface area contributed by atoms with Crippen LogP contribution in [0.3, 0.4) is 0 Å². The Morgan fingerprint density at radius 2 is 1.73 bits per heavy atom. The van der Waals surface area contributed by atoms with Crippen molar-refractivity contribution >= 4 is 23.5 Å². The summed E-state index contributed by atoms with van der Waals surface area (Å²) in [5, 5.41) is 39.0. The lowest BCUT2D eigenvalue weighted by Crippen LogP contribution is -2.08. The van der Waals surface area contributed by atoms with E-state index in [-0.39, 0.29) is 45.3 Å². The highest BCUT2D eigenvalue weighted by Crippen LogP contribution is 2.39. The van der Waals surface area contributed by atoms with Crippen LogP contribution in [-0.2, 0) is 11.2 Å². The van der Waals surface area contributed by atoms with Crippen LogP contribution in [-0.4, -0.2) is 33.0 Å². The van der Waals surface area contributed by atoms with Gasteiger partial charge in [-0.15, -0.1) is 0 Å². The summed E-state index contributed by atoms with van der Waals surface area (Å²) in [7, 11) is 0. The van der Waals surface area contributed by atoms with Crippen LogP contribution in [0, 0.1) is 0 Å². The van der Waals surface area contributed by atoms with Gasteiger partial charge in [-0.1, -0.05) is 6.07 Å². The van der Waals surface area contributed by atoms with Gasteiger partial charge in [0.15, 0.2) is 23.4 Å². The maximum Gasteiger partial charge on any atom is 0.204 e. The Balaban J connectivity index is 2.42. The van der Waals surface area contributed by atoms with Crippen LogP contribution in [0.2, 0.25) is 0 Å². The molecule has 0 fully saturated rings. The molecule has 0 saturated heterocycles. The Labute approximate surface area is 145 Å². The molecule has 0 saturated carbocycles. The second-order valence-corrected chi connectivity index (χ2v) is 5.46. The van der Waals surface area contributed by atoms with Crippen molar-refractivity contribution in [2.75, 3.05) is 0 Å². The molecule has 8 heteroatoms. The predicted molar refractivity (Wildman–Crippen MR) is 89.7 cm³/mol. The maximum absolute atomic E-state index is 12.8. The quantitative estimate of drug-likeness (QED) is 0.409. The number of hydrogen-bond donors (Lipinski definition) is 4. The summed E-state index contributed by atoms with van der Waals surface area (Å²) >= 11 is 0. The van der Waals surface area contributed by atoms with Crippen LogP contribution >= 0.6 is 0 Å². The van der Waals surface area contributed by atoms with Crippen LogP contribution in [0.4, 0.5) is 0 Å². The number of hydrogen-bond acceptors (Lipinski definition) is 8. The minimum atomic E-state index is -0.746. The third-order valence-electron chi connectivity index (χ3n) is 3.99. The van der Waals surface area contributed by atoms with Crippen LogP contribution in [0.1, 0.15) is 15.9 Å². The summed E-state index contributed by atoms with van der Waals surface area (Å²) in [4.78, 5) is 34.9. The molecule has 132 valence electrons. The molecule has 8 nitrogen and oxygen atoms in total. The topological polar surface area (TPSA) is 145 Å². The van der Waals surface area contributed by atoms with Gasteiger partial charge in [0.05, 0.1) is 5.56 Å². The summed E-state index contributed by atoms with van der Waals surface area (Å²) in [6, 6.07) is 3.63. The number of benzene rings is 2. The van der Waals surface area contributed by atoms with Gasteiger partial charge >= 0.3 is 0 Å². The summed E-state index contributed by atoms with van der Waals surface area (Å²) in [5.41, 5.74) is -1.60. The van der Waals surface area contributed by atoms with Crippen molar-refractivity contribution in [2.45, 2.75) is 6.42 Å². The van der Waals surface area contributed by atoms with E-state index in [9.17, 15) is 34.8 Å². The molecule has 0 aliphatic carbocycles. The Kier molecular flexibility index (Phi) is 4.09. The summed E-state index contributed by atoms with van der Waals surface area (Å²) < 4.78 is 5.28. The molecule has 1 heterocycles. The lowest BCUT2D eigenvalue weighted by Gasteiger charge is -2.11. The lowest BCUT2D eigenvalue weighted by atomic mass is 9.98. The van der Waals surface area contributed by atoms with Crippen LogP contribution in [0.25, 0.3) is 22.1 Å². The zero-order valence-electron chi connectivity index (χ0n) is 13.1. The van der Waals surface area contributed by atoms with Crippen molar-refractivity contribution in [1.82, 2.24) is 0 Å². The van der Waals surface area contributed by atoms with Crippen molar-refractivity contribution in [3.05, 3.63) is 45.8 Å². The first-order valence-electron chi connectivity index (χ1n) is 7.34. The van der Waals surface area contributed by atoms with Gasteiger partial charge in [-0.3, -0.25) is 9.59 Å². The van der Waals surface area contributed by atoms with E-state index in [1.807, 2.05) is 0 Å². The van der Waals surface area contributed by atoms with Gasteiger partial charge in [-0.25, -0.2) is 0 Å². The number of aldehydes is 2. The Morgan fingerprint density at radius 3 is 2.35 bits per heavy atom. The van der Waals surface area contributed by atoms with Crippen molar-refractivity contribution in [3.63, 3.8) is 0 Å². The molecule has 0 bridgehead atoms. The molecule has 26 heavy (non-hydrogen) atoms. The fourth-order valence-electron chi connectivity index (χ4n) is 2.69. The second kappa shape index (κ2) is 6.25. The molecule has 0 aliphatic rings. The van der Waals surface area contributed by atoms with Crippen LogP contribution in [0.15, 0.2) is 33.7 Å². The summed E-state index contributed by atoms with van der Waals surface area (Å²) in [5.74, 6) is -2.17. The minimum absolute atomic E-state index is 0.0670. The van der Waals surface area contributed by atoms with E-state index in [1.165, 1.54) is 12.1 Å². The van der Waals surface area contributed by atoms with E-state index >= 15 is 0 Å². The Hall–Kier alpha value is -3.81. The van der Waals surface area contributed by atoms with Crippen molar-refractivity contribution in [1.29, 1.82) is 0 Å². The molecule has 0 radical (unpaired) electrons. The number of aromatic hydroxyl groups is 4. The highest BCUT2D eigenvalue weighted by molar-refractivity contribution is 6.02. The number of phenolic OH excluding ortho intramolecular Hbond substituents is 4. The van der Waals surface area contributed by atoms with Crippen molar-refractivity contribution in [2.24, 2.45) is 0 Å². The smallest absolute Gasteiger partial charge is 0.204 e. The minimum Gasteiger partial charge on any atom is -0.507 e. The molecule has 3 aromatic rings. The normalized spacial score (nSPS) is 10.8. The number of rotatable bonds is 4. The zero-order chi connectivity index (χ0) is 19.0. The van der Waals surface area contributed by atoms with E-state index in [1.54, 1.807) is 0 Å². The monoisotopic (exact) mass is 356 g/mol. The predicted octanol–water partition coefficient (Wildman–Crippen LogP) is 1.84. The molecule has 0 atom stereocenters. The summed E-state index contributed by atoms with van der Waals surface area (Å²) in [6.45, 7) is 0. The van der Waals surface area contributed by atoms with Crippen LogP contribution in [0.5, 0.6) is 23.0 Å². The number of fused-ring (bicyclic) bond motifs is 1. The van der Waals surface area contributed by atoms with E-state index in [4.69, 9.17) is 4.42 Å². The molecular formula is C18H12O8. The maximum atomic E-state index is 12.8. The molecule has 4 N–H and O–H groups in total. The number of carbonyl (C=O) groups is 2. The summed E-state index contributed by atoms with van der Waals surface area (Å²) in [6.07, 6.45) is 1.24. The SMILES string of the molecule is O=CCc1c(O)c(C=O)c2occ(-c3ccc(O)c(O)c3)c(=O)c2c1O. The van der Waals surface area contributed by atoms with Gasteiger partial charge in [0.1, 0.15) is 35.0 Å². The van der Waals surface area contributed by atoms with Gasteiger partial charge in [0, 0.05) is 12.0 Å². The van der Waals surface area contributed by atoms with Gasteiger partial charge in [-0.2, -0.15) is 0 Å². The lowest BCUT2D eigenvalue weighted by molar-refractivity contribution is -0.107. The third kappa shape index (κ3) is 2.44. The fraction of sp³-hybridized carbons (Fsp3) is 0.0556. The average molecular weight is 356 g/mol. The van der Waals surface area contributed by atoms with Gasteiger partial charge < -0.3 is 29.6 Å². The standard InChI is InChI=1S/C18H12O8/c19-4-3-9-15(23)10(6-20)18-14(16(9)24)17(25)11(7-26-18)8-1-2-12(21)13(22)5-8/h1-2,4-7,21-24H,3H2. The number of phenols is 4. The van der Waals surface area contributed by atoms with E-state index < -0.39 is 29.1 Å². The first-order chi connectivity index (χ1) is 12.4. The average Bonchev–Trinajstić information content (AvgIpc) is 2.61. The van der Waals surface area contributed by atoms with Gasteiger partial charge in [0.2, 0.25) is 5.43 Å². The van der Waals surface area contributed by atoms with E-state index in [0.29, 0.717) is 6.29 Å². The third-order valence-corrected chi connectivity index (χ3v) is 3.99. The first kappa shape index (κ1) is 17.0. The van der Waals surface area contributed by atoms with E-state index in [2.05, 4.69) is 0 Å². The fourth-order valence-corrected chi connectivity index (χ4v) is 2.69. The highest BCUT2D eigenvalue weighted by Gasteiger charge is 2.24. The molecule has 1 aromatic heterocycles. The Bertz CT molecular complexity index is 1110. The largest absolute Gasteiger partial charge is 0.507 e. The first-order valence-corrected chi connectivity index (χ1v) is 7.34. The van der Waals surface area contributed by atoms with Crippen LogP contribution < -0.4 is 5.43 Å². The van der Waals surface area contributed by atoms with Gasteiger partial charge in [-0.05, 0) is 17.7 Å². The molecular weight excluding hydrogens is 344 g/mol. The molecule has 0 spiro atoms. The molecule has 2 aromatic carbocycles. The molecule has 0 aliphatic heterocycles. The Morgan fingerprint density at radius 1 is 1.00 bits per heavy atom. The van der Waals surface area contributed by atoms with Crippen molar-refractivity contribution in [3.8, 4) is 34.1 Å². The van der Waals surface area contributed by atoms with Gasteiger partial charge in [0.25, 0.3) is 0 Å². The zero-order valence-corrected chi connectivity index (χ0v) is 13.1. The highest BCUT2D eigenvalue weighted by atomic mass is 16.3.